The Morgan fingerprint density at radius 3 is 2.82 bits per heavy atom. The maximum Gasteiger partial charge on any atom is 0.221 e. The third kappa shape index (κ3) is 4.38. The molecular formula is C12H20ClN3O. The highest BCUT2D eigenvalue weighted by molar-refractivity contribution is 6.20. The zero-order chi connectivity index (χ0) is 12.7. The van der Waals surface area contributed by atoms with E-state index in [2.05, 4.69) is 22.2 Å². The van der Waals surface area contributed by atoms with Gasteiger partial charge in [-0.05, 0) is 26.7 Å². The van der Waals surface area contributed by atoms with Crippen LogP contribution in [-0.2, 0) is 0 Å². The van der Waals surface area contributed by atoms with Gasteiger partial charge in [0, 0.05) is 11.9 Å². The second-order valence-electron chi connectivity index (χ2n) is 3.81. The molecule has 0 fully saturated rings. The molecule has 4 nitrogen and oxygen atoms in total. The van der Waals surface area contributed by atoms with Crippen LogP contribution in [-0.4, -0.2) is 28.5 Å². The zero-order valence-electron chi connectivity index (χ0n) is 10.7. The molecule has 0 aromatic carbocycles. The number of nitrogens with zero attached hydrogens (tertiary/aromatic N) is 2. The number of rotatable bonds is 7. The van der Waals surface area contributed by atoms with E-state index in [4.69, 9.17) is 16.3 Å². The van der Waals surface area contributed by atoms with E-state index in [0.29, 0.717) is 12.5 Å². The number of hydrogen-bond donors (Lipinski definition) is 1. The highest BCUT2D eigenvalue weighted by atomic mass is 35.5. The van der Waals surface area contributed by atoms with Crippen molar-refractivity contribution in [3.8, 4) is 5.88 Å². The summed E-state index contributed by atoms with van der Waals surface area (Å²) in [4.78, 5) is 8.29. The van der Waals surface area contributed by atoms with Crippen LogP contribution in [0, 0.1) is 6.92 Å². The Kier molecular flexibility index (Phi) is 6.05. The Hall–Kier alpha value is -1.03. The third-order valence-electron chi connectivity index (χ3n) is 2.51. The van der Waals surface area contributed by atoms with Gasteiger partial charge in [0.05, 0.1) is 12.2 Å². The van der Waals surface area contributed by atoms with Crippen molar-refractivity contribution in [1.82, 2.24) is 9.97 Å². The maximum atomic E-state index is 6.05. The summed E-state index contributed by atoms with van der Waals surface area (Å²) in [6, 6.07) is 0. The van der Waals surface area contributed by atoms with Gasteiger partial charge in [-0.1, -0.05) is 6.92 Å². The molecule has 0 bridgehead atoms. The smallest absolute Gasteiger partial charge is 0.221 e. The molecule has 0 saturated carbocycles. The number of anilines is 1. The molecule has 0 aliphatic carbocycles. The lowest BCUT2D eigenvalue weighted by Crippen LogP contribution is -2.11. The van der Waals surface area contributed by atoms with Crippen LogP contribution in [0.15, 0.2) is 6.33 Å². The second-order valence-corrected chi connectivity index (χ2v) is 4.42. The Morgan fingerprint density at radius 2 is 2.18 bits per heavy atom. The molecule has 1 rings (SSSR count). The van der Waals surface area contributed by atoms with Crippen molar-refractivity contribution in [3.05, 3.63) is 11.9 Å². The van der Waals surface area contributed by atoms with E-state index in [9.17, 15) is 0 Å². The Balaban J connectivity index is 2.56. The Labute approximate surface area is 108 Å². The molecule has 1 unspecified atom stereocenters. The first-order valence-electron chi connectivity index (χ1n) is 6.01. The van der Waals surface area contributed by atoms with E-state index in [1.165, 1.54) is 6.33 Å². The SMILES string of the molecule is CCOc1ncnc(NCCC(Cl)CC)c1C. The van der Waals surface area contributed by atoms with Crippen molar-refractivity contribution >= 4 is 17.4 Å². The molecule has 1 heterocycles. The van der Waals surface area contributed by atoms with Gasteiger partial charge in [-0.2, -0.15) is 0 Å². The largest absolute Gasteiger partial charge is 0.478 e. The predicted molar refractivity (Wildman–Crippen MR) is 71.0 cm³/mol. The maximum absolute atomic E-state index is 6.05. The minimum atomic E-state index is 0.219. The van der Waals surface area contributed by atoms with Gasteiger partial charge in [-0.3, -0.25) is 0 Å². The van der Waals surface area contributed by atoms with Crippen LogP contribution < -0.4 is 10.1 Å². The molecule has 1 aromatic rings. The van der Waals surface area contributed by atoms with Crippen LogP contribution in [0.4, 0.5) is 5.82 Å². The van der Waals surface area contributed by atoms with Crippen LogP contribution in [0.3, 0.4) is 0 Å². The number of ether oxygens (including phenoxy) is 1. The summed E-state index contributed by atoms with van der Waals surface area (Å²) in [5, 5.41) is 3.48. The molecule has 0 amide bonds. The lowest BCUT2D eigenvalue weighted by Gasteiger charge is -2.12. The first-order chi connectivity index (χ1) is 8.19. The van der Waals surface area contributed by atoms with Crippen molar-refractivity contribution in [2.45, 2.75) is 39.0 Å². The molecule has 96 valence electrons. The lowest BCUT2D eigenvalue weighted by atomic mass is 10.2. The third-order valence-corrected chi connectivity index (χ3v) is 3.04. The zero-order valence-corrected chi connectivity index (χ0v) is 11.4. The standard InChI is InChI=1S/C12H20ClN3O/c1-4-10(13)6-7-14-11-9(3)12(17-5-2)16-8-15-11/h8,10H,4-7H2,1-3H3,(H,14,15,16). The van der Waals surface area contributed by atoms with Gasteiger partial charge < -0.3 is 10.1 Å². The Morgan fingerprint density at radius 1 is 1.41 bits per heavy atom. The molecule has 1 atom stereocenters. The van der Waals surface area contributed by atoms with Crippen molar-refractivity contribution in [2.24, 2.45) is 0 Å². The molecular weight excluding hydrogens is 238 g/mol. The second kappa shape index (κ2) is 7.33. The van der Waals surface area contributed by atoms with E-state index >= 15 is 0 Å². The summed E-state index contributed by atoms with van der Waals surface area (Å²) in [6.07, 6.45) is 3.42. The molecule has 1 aromatic heterocycles. The molecule has 0 aliphatic rings. The average molecular weight is 258 g/mol. The summed E-state index contributed by atoms with van der Waals surface area (Å²) < 4.78 is 5.41. The molecule has 0 radical (unpaired) electrons. The van der Waals surface area contributed by atoms with Gasteiger partial charge in [0.25, 0.3) is 0 Å². The number of halogens is 1. The fraction of sp³-hybridized carbons (Fsp3) is 0.667. The van der Waals surface area contributed by atoms with Crippen molar-refractivity contribution in [3.63, 3.8) is 0 Å². The van der Waals surface area contributed by atoms with Crippen LogP contribution in [0.25, 0.3) is 0 Å². The molecule has 1 N–H and O–H groups in total. The van der Waals surface area contributed by atoms with E-state index in [1.54, 1.807) is 0 Å². The van der Waals surface area contributed by atoms with E-state index in [-0.39, 0.29) is 5.38 Å². The van der Waals surface area contributed by atoms with Crippen LogP contribution in [0.2, 0.25) is 0 Å². The van der Waals surface area contributed by atoms with Gasteiger partial charge in [0.2, 0.25) is 5.88 Å². The first kappa shape index (κ1) is 14.0. The van der Waals surface area contributed by atoms with Gasteiger partial charge in [-0.15, -0.1) is 11.6 Å². The fourth-order valence-electron chi connectivity index (χ4n) is 1.45. The number of nitrogens with one attached hydrogen (secondary N) is 1. The van der Waals surface area contributed by atoms with E-state index < -0.39 is 0 Å². The van der Waals surface area contributed by atoms with E-state index in [1.807, 2.05) is 13.8 Å². The van der Waals surface area contributed by atoms with Gasteiger partial charge in [0.15, 0.2) is 0 Å². The van der Waals surface area contributed by atoms with Crippen molar-refractivity contribution < 1.29 is 4.74 Å². The van der Waals surface area contributed by atoms with Gasteiger partial charge in [0.1, 0.15) is 12.1 Å². The molecule has 17 heavy (non-hydrogen) atoms. The topological polar surface area (TPSA) is 47.0 Å². The van der Waals surface area contributed by atoms with Crippen molar-refractivity contribution in [2.75, 3.05) is 18.5 Å². The van der Waals surface area contributed by atoms with Crippen LogP contribution >= 0.6 is 11.6 Å². The van der Waals surface area contributed by atoms with Gasteiger partial charge >= 0.3 is 0 Å². The summed E-state index contributed by atoms with van der Waals surface area (Å²) in [5.74, 6) is 1.46. The van der Waals surface area contributed by atoms with Crippen LogP contribution in [0.1, 0.15) is 32.3 Å². The minimum absolute atomic E-state index is 0.219. The highest BCUT2D eigenvalue weighted by Gasteiger charge is 2.08. The molecule has 0 spiro atoms. The van der Waals surface area contributed by atoms with Crippen molar-refractivity contribution in [1.29, 1.82) is 0 Å². The summed E-state index contributed by atoms with van der Waals surface area (Å²) >= 11 is 6.05. The van der Waals surface area contributed by atoms with Crippen LogP contribution in [0.5, 0.6) is 5.88 Å². The number of hydrogen-bond acceptors (Lipinski definition) is 4. The first-order valence-corrected chi connectivity index (χ1v) is 6.45. The monoisotopic (exact) mass is 257 g/mol. The predicted octanol–water partition coefficient (Wildman–Crippen LogP) is 3.00. The fourth-order valence-corrected chi connectivity index (χ4v) is 1.55. The lowest BCUT2D eigenvalue weighted by molar-refractivity contribution is 0.324. The number of aromatic nitrogens is 2. The molecule has 0 saturated heterocycles. The van der Waals surface area contributed by atoms with E-state index in [0.717, 1.165) is 30.8 Å². The quantitative estimate of drug-likeness (QED) is 0.763. The number of alkyl halides is 1. The molecule has 0 aliphatic heterocycles. The average Bonchev–Trinajstić information content (AvgIpc) is 2.33. The van der Waals surface area contributed by atoms with Gasteiger partial charge in [-0.25, -0.2) is 9.97 Å². The Bertz CT molecular complexity index is 347. The molecule has 5 heteroatoms. The minimum Gasteiger partial charge on any atom is -0.478 e. The summed E-state index contributed by atoms with van der Waals surface area (Å²) in [5.41, 5.74) is 0.942. The highest BCUT2D eigenvalue weighted by Crippen LogP contribution is 2.20. The normalized spacial score (nSPS) is 12.2. The summed E-state index contributed by atoms with van der Waals surface area (Å²) in [6.45, 7) is 7.39. The summed E-state index contributed by atoms with van der Waals surface area (Å²) in [7, 11) is 0.